The highest BCUT2D eigenvalue weighted by molar-refractivity contribution is 4.68. The van der Waals surface area contributed by atoms with Gasteiger partial charge < -0.3 is 10.6 Å². The Kier molecular flexibility index (Phi) is 9.65. The molecule has 0 aromatic rings. The fourth-order valence-corrected chi connectivity index (χ4v) is 2.02. The molecule has 0 amide bonds. The molecular weight excluding hydrogens is 196 g/mol. The van der Waals surface area contributed by atoms with Gasteiger partial charge in [0.15, 0.2) is 0 Å². The van der Waals surface area contributed by atoms with E-state index in [1.807, 2.05) is 6.08 Å². The minimum absolute atomic E-state index is 0.696. The van der Waals surface area contributed by atoms with E-state index in [1.165, 1.54) is 32.4 Å². The van der Waals surface area contributed by atoms with Crippen molar-refractivity contribution in [3.8, 4) is 0 Å². The average Bonchev–Trinajstić information content (AvgIpc) is 2.24. The summed E-state index contributed by atoms with van der Waals surface area (Å²) in [6.07, 6.45) is 6.83. The minimum atomic E-state index is 0.696. The molecule has 1 unspecified atom stereocenters. The van der Waals surface area contributed by atoms with Crippen LogP contribution in [0.25, 0.3) is 0 Å². The number of hydrogen-bond acceptors (Lipinski definition) is 2. The Bertz CT molecular complexity index is 166. The Hall–Kier alpha value is -0.340. The first-order valence-corrected chi connectivity index (χ1v) is 6.59. The summed E-state index contributed by atoms with van der Waals surface area (Å²) >= 11 is 0. The van der Waals surface area contributed by atoms with Crippen molar-refractivity contribution in [2.24, 2.45) is 17.6 Å². The van der Waals surface area contributed by atoms with Gasteiger partial charge in [-0.2, -0.15) is 0 Å². The summed E-state index contributed by atoms with van der Waals surface area (Å²) in [4.78, 5) is 2.41. The quantitative estimate of drug-likeness (QED) is 0.458. The van der Waals surface area contributed by atoms with Crippen molar-refractivity contribution in [1.82, 2.24) is 4.90 Å². The fraction of sp³-hybridized carbons (Fsp3) is 0.857. The van der Waals surface area contributed by atoms with Crippen LogP contribution in [0.2, 0.25) is 0 Å². The molecule has 2 N–H and O–H groups in total. The molecule has 16 heavy (non-hydrogen) atoms. The monoisotopic (exact) mass is 226 g/mol. The molecule has 0 saturated heterocycles. The first-order chi connectivity index (χ1) is 7.60. The van der Waals surface area contributed by atoms with E-state index >= 15 is 0 Å². The van der Waals surface area contributed by atoms with Crippen LogP contribution in [0.5, 0.6) is 0 Å². The minimum Gasteiger partial charge on any atom is -0.330 e. The highest BCUT2D eigenvalue weighted by Crippen LogP contribution is 2.14. The number of unbranched alkanes of at least 4 members (excludes halogenated alkanes) is 1. The highest BCUT2D eigenvalue weighted by Gasteiger charge is 2.09. The lowest BCUT2D eigenvalue weighted by Crippen LogP contribution is -2.26. The molecule has 0 aliphatic heterocycles. The van der Waals surface area contributed by atoms with Crippen molar-refractivity contribution < 1.29 is 0 Å². The van der Waals surface area contributed by atoms with E-state index in [1.54, 1.807) is 0 Å². The van der Waals surface area contributed by atoms with Gasteiger partial charge in [0, 0.05) is 0 Å². The maximum absolute atomic E-state index is 5.80. The molecule has 0 fully saturated rings. The van der Waals surface area contributed by atoms with Gasteiger partial charge >= 0.3 is 0 Å². The van der Waals surface area contributed by atoms with Crippen LogP contribution in [0.4, 0.5) is 0 Å². The summed E-state index contributed by atoms with van der Waals surface area (Å²) in [6, 6.07) is 0. The van der Waals surface area contributed by atoms with Gasteiger partial charge in [-0.05, 0) is 64.2 Å². The van der Waals surface area contributed by atoms with Gasteiger partial charge in [-0.1, -0.05) is 19.9 Å². The average molecular weight is 226 g/mol. The van der Waals surface area contributed by atoms with Gasteiger partial charge in [0.25, 0.3) is 0 Å². The second-order valence-electron chi connectivity index (χ2n) is 5.25. The molecule has 0 aromatic carbocycles. The predicted octanol–water partition coefficient (Wildman–Crippen LogP) is 2.90. The summed E-state index contributed by atoms with van der Waals surface area (Å²) in [7, 11) is 2.20. The molecular formula is C14H30N2. The van der Waals surface area contributed by atoms with Crippen LogP contribution in [-0.2, 0) is 0 Å². The number of rotatable bonds is 10. The molecule has 0 rings (SSSR count). The predicted molar refractivity (Wildman–Crippen MR) is 73.5 cm³/mol. The smallest absolute Gasteiger partial charge is 0.00187 e. The molecule has 2 heteroatoms. The Morgan fingerprint density at radius 2 is 2.00 bits per heavy atom. The van der Waals surface area contributed by atoms with Crippen LogP contribution in [0.1, 0.15) is 39.5 Å². The molecule has 96 valence electrons. The number of hydrogen-bond donors (Lipinski definition) is 1. The Labute approximate surface area is 102 Å². The van der Waals surface area contributed by atoms with E-state index in [0.29, 0.717) is 5.92 Å². The van der Waals surface area contributed by atoms with Crippen molar-refractivity contribution in [2.45, 2.75) is 39.5 Å². The van der Waals surface area contributed by atoms with Crippen LogP contribution < -0.4 is 5.73 Å². The zero-order valence-corrected chi connectivity index (χ0v) is 11.4. The van der Waals surface area contributed by atoms with Crippen molar-refractivity contribution in [1.29, 1.82) is 0 Å². The van der Waals surface area contributed by atoms with Crippen LogP contribution in [0.3, 0.4) is 0 Å². The lowest BCUT2D eigenvalue weighted by atomic mass is 9.94. The molecule has 0 radical (unpaired) electrons. The van der Waals surface area contributed by atoms with E-state index < -0.39 is 0 Å². The molecule has 1 atom stereocenters. The van der Waals surface area contributed by atoms with Gasteiger partial charge in [0.05, 0.1) is 0 Å². The maximum atomic E-state index is 5.80. The van der Waals surface area contributed by atoms with E-state index in [9.17, 15) is 0 Å². The van der Waals surface area contributed by atoms with Crippen molar-refractivity contribution in [2.75, 3.05) is 26.7 Å². The van der Waals surface area contributed by atoms with E-state index in [4.69, 9.17) is 5.73 Å². The first-order valence-electron chi connectivity index (χ1n) is 6.59. The summed E-state index contributed by atoms with van der Waals surface area (Å²) < 4.78 is 0. The van der Waals surface area contributed by atoms with Crippen molar-refractivity contribution in [3.05, 3.63) is 12.7 Å². The summed E-state index contributed by atoms with van der Waals surface area (Å²) in [6.45, 7) is 11.5. The standard InChI is InChI=1S/C14H30N2/c1-5-6-7-9-16(4)10-8-14(12-15)11-13(2)3/h5,13-14H,1,6-12,15H2,2-4H3. The third-order valence-corrected chi connectivity index (χ3v) is 3.01. The van der Waals surface area contributed by atoms with E-state index in [-0.39, 0.29) is 0 Å². The van der Waals surface area contributed by atoms with Crippen LogP contribution in [0.15, 0.2) is 12.7 Å². The first kappa shape index (κ1) is 15.7. The van der Waals surface area contributed by atoms with Crippen molar-refractivity contribution >= 4 is 0 Å². The number of nitrogens with two attached hydrogens (primary N) is 1. The van der Waals surface area contributed by atoms with Gasteiger partial charge in [-0.15, -0.1) is 6.58 Å². The second kappa shape index (κ2) is 9.86. The molecule has 2 nitrogen and oxygen atoms in total. The fourth-order valence-electron chi connectivity index (χ4n) is 2.02. The lowest BCUT2D eigenvalue weighted by Gasteiger charge is -2.21. The Balaban J connectivity index is 3.61. The summed E-state index contributed by atoms with van der Waals surface area (Å²) in [5.41, 5.74) is 5.80. The molecule has 0 aliphatic carbocycles. The van der Waals surface area contributed by atoms with Crippen LogP contribution in [-0.4, -0.2) is 31.6 Å². The summed E-state index contributed by atoms with van der Waals surface area (Å²) in [5.74, 6) is 1.46. The van der Waals surface area contributed by atoms with Gasteiger partial charge in [-0.25, -0.2) is 0 Å². The lowest BCUT2D eigenvalue weighted by molar-refractivity contribution is 0.282. The maximum Gasteiger partial charge on any atom is -0.00187 e. The molecule has 0 aromatic heterocycles. The normalized spacial score (nSPS) is 13.4. The summed E-state index contributed by atoms with van der Waals surface area (Å²) in [5, 5.41) is 0. The molecule has 0 aliphatic rings. The van der Waals surface area contributed by atoms with E-state index in [2.05, 4.69) is 32.4 Å². The highest BCUT2D eigenvalue weighted by atomic mass is 15.1. The Morgan fingerprint density at radius 3 is 2.50 bits per heavy atom. The largest absolute Gasteiger partial charge is 0.330 e. The zero-order valence-electron chi connectivity index (χ0n) is 11.4. The second-order valence-corrected chi connectivity index (χ2v) is 5.25. The van der Waals surface area contributed by atoms with Gasteiger partial charge in [0.1, 0.15) is 0 Å². The molecule has 0 heterocycles. The van der Waals surface area contributed by atoms with Crippen LogP contribution >= 0.6 is 0 Å². The van der Waals surface area contributed by atoms with Gasteiger partial charge in [0.2, 0.25) is 0 Å². The molecule has 0 saturated carbocycles. The zero-order chi connectivity index (χ0) is 12.4. The molecule has 0 spiro atoms. The molecule has 0 bridgehead atoms. The van der Waals surface area contributed by atoms with Crippen LogP contribution in [0, 0.1) is 11.8 Å². The third kappa shape index (κ3) is 8.93. The number of allylic oxidation sites excluding steroid dienone is 1. The van der Waals surface area contributed by atoms with Crippen molar-refractivity contribution in [3.63, 3.8) is 0 Å². The third-order valence-electron chi connectivity index (χ3n) is 3.01. The SMILES string of the molecule is C=CCCCN(C)CCC(CN)CC(C)C. The number of nitrogens with zero attached hydrogens (tertiary/aromatic N) is 1. The topological polar surface area (TPSA) is 29.3 Å². The Morgan fingerprint density at radius 1 is 1.31 bits per heavy atom. The van der Waals surface area contributed by atoms with Gasteiger partial charge in [-0.3, -0.25) is 0 Å². The van der Waals surface area contributed by atoms with E-state index in [0.717, 1.165) is 18.9 Å².